The number of hydrogen-bond acceptors (Lipinski definition) is 6. The number of anilines is 4. The number of hydrogen-bond donors (Lipinski definition) is 2. The Morgan fingerprint density at radius 3 is 2.39 bits per heavy atom. The molecule has 10 heteroatoms. The number of aryl methyl sites for hydroxylation is 1. The number of amides is 2. The molecule has 1 aliphatic heterocycles. The van der Waals surface area contributed by atoms with Crippen molar-refractivity contribution in [3.63, 3.8) is 0 Å². The maximum absolute atomic E-state index is 13.3. The van der Waals surface area contributed by atoms with Crippen LogP contribution >= 0.6 is 0 Å². The number of urea groups is 1. The van der Waals surface area contributed by atoms with Crippen molar-refractivity contribution in [1.29, 1.82) is 0 Å². The first-order valence-corrected chi connectivity index (χ1v) is 9.77. The fourth-order valence-electron chi connectivity index (χ4n) is 3.31. The molecule has 31 heavy (non-hydrogen) atoms. The van der Waals surface area contributed by atoms with E-state index in [-0.39, 0.29) is 5.69 Å². The third-order valence-corrected chi connectivity index (χ3v) is 4.75. The minimum atomic E-state index is -0.741. The highest BCUT2D eigenvalue weighted by atomic mass is 19.1. The molecule has 1 aliphatic rings. The first-order valence-electron chi connectivity index (χ1n) is 9.77. The predicted octanol–water partition coefficient (Wildman–Crippen LogP) is 3.56. The number of rotatable bonds is 4. The van der Waals surface area contributed by atoms with E-state index in [9.17, 15) is 13.6 Å². The lowest BCUT2D eigenvalue weighted by molar-refractivity contribution is 0.208. The molecule has 4 rings (SSSR count). The Morgan fingerprint density at radius 2 is 1.71 bits per heavy atom. The molecule has 3 heterocycles. The van der Waals surface area contributed by atoms with E-state index in [1.165, 1.54) is 0 Å². The Balaban J connectivity index is 1.38. The van der Waals surface area contributed by atoms with Gasteiger partial charge in [-0.25, -0.2) is 28.5 Å². The smallest absolute Gasteiger partial charge is 0.321 e. The molecule has 0 saturated carbocycles. The molecule has 0 radical (unpaired) electrons. The van der Waals surface area contributed by atoms with Crippen LogP contribution in [0.1, 0.15) is 5.82 Å². The molecule has 8 nitrogen and oxygen atoms in total. The second kappa shape index (κ2) is 8.90. The van der Waals surface area contributed by atoms with Gasteiger partial charge in [-0.05, 0) is 31.2 Å². The average molecular weight is 425 g/mol. The van der Waals surface area contributed by atoms with E-state index < -0.39 is 17.7 Å². The van der Waals surface area contributed by atoms with E-state index in [0.29, 0.717) is 43.6 Å². The van der Waals surface area contributed by atoms with Gasteiger partial charge in [0, 0.05) is 50.2 Å². The highest BCUT2D eigenvalue weighted by molar-refractivity contribution is 5.89. The second-order valence-electron chi connectivity index (χ2n) is 7.06. The molecule has 0 bridgehead atoms. The summed E-state index contributed by atoms with van der Waals surface area (Å²) in [6.07, 6.45) is 1.69. The van der Waals surface area contributed by atoms with Gasteiger partial charge < -0.3 is 20.4 Å². The first-order chi connectivity index (χ1) is 15.0. The first kappa shape index (κ1) is 20.5. The Labute approximate surface area is 178 Å². The molecule has 0 spiro atoms. The topological polar surface area (TPSA) is 86.3 Å². The van der Waals surface area contributed by atoms with E-state index in [1.54, 1.807) is 11.1 Å². The molecule has 1 fully saturated rings. The van der Waals surface area contributed by atoms with Crippen LogP contribution in [-0.4, -0.2) is 52.1 Å². The molecule has 1 aromatic carbocycles. The van der Waals surface area contributed by atoms with Crippen LogP contribution in [0.4, 0.5) is 36.7 Å². The number of carbonyl (C=O) groups excluding carboxylic acids is 1. The Kier molecular flexibility index (Phi) is 5.87. The van der Waals surface area contributed by atoms with Crippen molar-refractivity contribution in [2.45, 2.75) is 6.92 Å². The summed E-state index contributed by atoms with van der Waals surface area (Å²) in [5.74, 6) is 1.20. The summed E-state index contributed by atoms with van der Waals surface area (Å²) in [5.41, 5.74) is 0.0848. The van der Waals surface area contributed by atoms with Crippen LogP contribution in [-0.2, 0) is 0 Å². The van der Waals surface area contributed by atoms with E-state index in [0.717, 1.165) is 24.0 Å². The summed E-state index contributed by atoms with van der Waals surface area (Å²) in [6, 6.07) is 9.92. The molecule has 0 unspecified atom stereocenters. The summed E-state index contributed by atoms with van der Waals surface area (Å²) in [6.45, 7) is 3.81. The van der Waals surface area contributed by atoms with Crippen LogP contribution in [0.15, 0.2) is 48.7 Å². The summed E-state index contributed by atoms with van der Waals surface area (Å²) in [5, 5.41) is 5.70. The van der Waals surface area contributed by atoms with Crippen LogP contribution < -0.4 is 15.5 Å². The van der Waals surface area contributed by atoms with E-state index in [1.807, 2.05) is 31.2 Å². The van der Waals surface area contributed by atoms with Gasteiger partial charge in [0.05, 0.1) is 0 Å². The van der Waals surface area contributed by atoms with Gasteiger partial charge in [-0.1, -0.05) is 6.07 Å². The van der Waals surface area contributed by atoms with E-state index >= 15 is 0 Å². The monoisotopic (exact) mass is 425 g/mol. The van der Waals surface area contributed by atoms with E-state index in [2.05, 4.69) is 30.5 Å². The molecule has 0 atom stereocenters. The third-order valence-electron chi connectivity index (χ3n) is 4.75. The zero-order valence-electron chi connectivity index (χ0n) is 16.8. The van der Waals surface area contributed by atoms with Crippen LogP contribution in [0.5, 0.6) is 0 Å². The largest absolute Gasteiger partial charge is 0.353 e. The van der Waals surface area contributed by atoms with Crippen molar-refractivity contribution < 1.29 is 13.6 Å². The number of carbonyl (C=O) groups is 1. The fraction of sp³-hybridized carbons (Fsp3) is 0.238. The van der Waals surface area contributed by atoms with Gasteiger partial charge in [0.15, 0.2) is 0 Å². The van der Waals surface area contributed by atoms with Crippen molar-refractivity contribution in [2.75, 3.05) is 41.7 Å². The number of halogens is 2. The lowest BCUT2D eigenvalue weighted by Crippen LogP contribution is -2.50. The highest BCUT2D eigenvalue weighted by Gasteiger charge is 2.23. The number of pyridine rings is 1. The Hall–Kier alpha value is -3.82. The average Bonchev–Trinajstić information content (AvgIpc) is 2.73. The second-order valence-corrected chi connectivity index (χ2v) is 7.06. The molecule has 2 amide bonds. The predicted molar refractivity (Wildman–Crippen MR) is 113 cm³/mol. The number of aromatic nitrogens is 3. The van der Waals surface area contributed by atoms with Gasteiger partial charge in [0.2, 0.25) is 0 Å². The molecule has 160 valence electrons. The van der Waals surface area contributed by atoms with Gasteiger partial charge >= 0.3 is 6.03 Å². The minimum absolute atomic E-state index is 0.0848. The van der Waals surface area contributed by atoms with Crippen molar-refractivity contribution >= 4 is 29.2 Å². The molecule has 3 aromatic rings. The van der Waals surface area contributed by atoms with Crippen LogP contribution in [0, 0.1) is 18.6 Å². The number of piperazine rings is 1. The van der Waals surface area contributed by atoms with Crippen molar-refractivity contribution in [3.05, 3.63) is 66.1 Å². The molecular formula is C21H21F2N7O. The molecule has 2 aromatic heterocycles. The molecule has 0 aliphatic carbocycles. The highest BCUT2D eigenvalue weighted by Crippen LogP contribution is 2.21. The molecule has 1 saturated heterocycles. The van der Waals surface area contributed by atoms with Crippen LogP contribution in [0.2, 0.25) is 0 Å². The third kappa shape index (κ3) is 5.21. The maximum Gasteiger partial charge on any atom is 0.321 e. The van der Waals surface area contributed by atoms with Gasteiger partial charge in [-0.15, -0.1) is 0 Å². The van der Waals surface area contributed by atoms with Gasteiger partial charge in [0.1, 0.15) is 34.9 Å². The molecular weight excluding hydrogens is 404 g/mol. The number of nitrogens with one attached hydrogen (secondary N) is 2. The zero-order chi connectivity index (χ0) is 21.8. The summed E-state index contributed by atoms with van der Waals surface area (Å²) in [4.78, 5) is 29.3. The summed E-state index contributed by atoms with van der Waals surface area (Å²) >= 11 is 0. The van der Waals surface area contributed by atoms with Gasteiger partial charge in [-0.3, -0.25) is 0 Å². The van der Waals surface area contributed by atoms with Crippen LogP contribution in [0.25, 0.3) is 0 Å². The van der Waals surface area contributed by atoms with Gasteiger partial charge in [-0.2, -0.15) is 0 Å². The summed E-state index contributed by atoms with van der Waals surface area (Å²) < 4.78 is 26.7. The Bertz CT molecular complexity index is 1050. The van der Waals surface area contributed by atoms with Crippen molar-refractivity contribution in [1.82, 2.24) is 19.9 Å². The van der Waals surface area contributed by atoms with E-state index in [4.69, 9.17) is 0 Å². The summed E-state index contributed by atoms with van der Waals surface area (Å²) in [7, 11) is 0. The lowest BCUT2D eigenvalue weighted by atomic mass is 10.3. The quantitative estimate of drug-likeness (QED) is 0.665. The SMILES string of the molecule is Cc1nc(Nc2ccccn2)cc(N2CCN(C(=O)Nc3cc(F)cc(F)c3)CC2)n1. The Morgan fingerprint density at radius 1 is 0.968 bits per heavy atom. The minimum Gasteiger partial charge on any atom is -0.353 e. The van der Waals surface area contributed by atoms with Crippen molar-refractivity contribution in [3.8, 4) is 0 Å². The lowest BCUT2D eigenvalue weighted by Gasteiger charge is -2.35. The molecule has 2 N–H and O–H groups in total. The maximum atomic E-state index is 13.3. The zero-order valence-corrected chi connectivity index (χ0v) is 16.8. The standard InChI is InChI=1S/C21H21F2N7O/c1-14-25-19(28-18-4-2-3-5-24-18)13-20(26-14)29-6-8-30(9-7-29)21(31)27-17-11-15(22)10-16(23)12-17/h2-5,10-13H,6-9H2,1H3,(H,27,31)(H,24,25,26,28). The van der Waals surface area contributed by atoms with Crippen molar-refractivity contribution in [2.24, 2.45) is 0 Å². The van der Waals surface area contributed by atoms with Crippen LogP contribution in [0.3, 0.4) is 0 Å². The number of nitrogens with zero attached hydrogens (tertiary/aromatic N) is 5. The fourth-order valence-corrected chi connectivity index (χ4v) is 3.31. The normalized spacial score (nSPS) is 13.8. The van der Waals surface area contributed by atoms with Gasteiger partial charge in [0.25, 0.3) is 0 Å². The number of benzene rings is 1.